The molecule has 9 nitrogen and oxygen atoms in total. The minimum absolute atomic E-state index is 0.0229. The van der Waals surface area contributed by atoms with E-state index in [9.17, 15) is 14.4 Å². The van der Waals surface area contributed by atoms with Crippen LogP contribution >= 0.6 is 0 Å². The highest BCUT2D eigenvalue weighted by molar-refractivity contribution is 5.86. The summed E-state index contributed by atoms with van der Waals surface area (Å²) in [4.78, 5) is 36.2. The van der Waals surface area contributed by atoms with Crippen LogP contribution in [0.5, 0.6) is 0 Å². The second-order valence-electron chi connectivity index (χ2n) is 4.78. The Labute approximate surface area is 122 Å². The third kappa shape index (κ3) is 5.96. The second kappa shape index (κ2) is 8.42. The molecule has 0 radical (unpaired) electrons. The summed E-state index contributed by atoms with van der Waals surface area (Å²) in [6.07, 6.45) is 1.18. The predicted molar refractivity (Wildman–Crippen MR) is 71.4 cm³/mol. The maximum atomic E-state index is 12.2. The number of carboxylic acids is 1. The zero-order valence-corrected chi connectivity index (χ0v) is 11.7. The van der Waals surface area contributed by atoms with E-state index in [0.29, 0.717) is 25.9 Å². The standard InChI is InChI=1S/C12H21N3O6/c13-10(17)7-15(8-11(18)19)12(20)14-3-1-9(2-4-14)21-6-5-16/h9,16H,1-8H2,(H2,13,17)(H,18,19). The van der Waals surface area contributed by atoms with E-state index in [1.807, 2.05) is 0 Å². The molecule has 1 aliphatic heterocycles. The number of ether oxygens (including phenoxy) is 1. The molecule has 1 rings (SSSR count). The largest absolute Gasteiger partial charge is 0.480 e. The average Bonchev–Trinajstić information content (AvgIpc) is 2.43. The first kappa shape index (κ1) is 17.2. The van der Waals surface area contributed by atoms with Crippen LogP contribution in [0.4, 0.5) is 4.79 Å². The Balaban J connectivity index is 2.52. The topological polar surface area (TPSA) is 133 Å². The number of nitrogens with zero attached hydrogens (tertiary/aromatic N) is 2. The van der Waals surface area contributed by atoms with E-state index in [2.05, 4.69) is 0 Å². The molecule has 3 amide bonds. The molecular formula is C12H21N3O6. The number of aliphatic hydroxyl groups is 1. The molecule has 0 atom stereocenters. The minimum Gasteiger partial charge on any atom is -0.480 e. The smallest absolute Gasteiger partial charge is 0.323 e. The van der Waals surface area contributed by atoms with Gasteiger partial charge >= 0.3 is 12.0 Å². The molecule has 120 valence electrons. The summed E-state index contributed by atoms with van der Waals surface area (Å²) in [5, 5.41) is 17.5. The molecule has 0 unspecified atom stereocenters. The monoisotopic (exact) mass is 303 g/mol. The van der Waals surface area contributed by atoms with Gasteiger partial charge in [0.15, 0.2) is 0 Å². The van der Waals surface area contributed by atoms with Crippen LogP contribution in [0.1, 0.15) is 12.8 Å². The number of amides is 3. The number of hydrogen-bond acceptors (Lipinski definition) is 5. The maximum Gasteiger partial charge on any atom is 0.323 e. The number of carbonyl (C=O) groups excluding carboxylic acids is 2. The van der Waals surface area contributed by atoms with Crippen LogP contribution in [0.25, 0.3) is 0 Å². The number of piperidine rings is 1. The van der Waals surface area contributed by atoms with Crippen molar-refractivity contribution in [3.8, 4) is 0 Å². The molecule has 9 heteroatoms. The van der Waals surface area contributed by atoms with Gasteiger partial charge in [0.05, 0.1) is 19.3 Å². The summed E-state index contributed by atoms with van der Waals surface area (Å²) in [7, 11) is 0. The van der Waals surface area contributed by atoms with Crippen LogP contribution in [-0.4, -0.2) is 83.4 Å². The molecule has 1 heterocycles. The third-order valence-corrected chi connectivity index (χ3v) is 3.10. The Hall–Kier alpha value is -1.87. The predicted octanol–water partition coefficient (Wildman–Crippen LogP) is -1.55. The van der Waals surface area contributed by atoms with Gasteiger partial charge in [-0.2, -0.15) is 0 Å². The van der Waals surface area contributed by atoms with Crippen LogP contribution in [0, 0.1) is 0 Å². The van der Waals surface area contributed by atoms with Crippen molar-refractivity contribution in [2.75, 3.05) is 39.4 Å². The van der Waals surface area contributed by atoms with Crippen molar-refractivity contribution in [1.29, 1.82) is 0 Å². The molecule has 1 saturated heterocycles. The summed E-state index contributed by atoms with van der Waals surface area (Å²) in [6.45, 7) is 0.0258. The average molecular weight is 303 g/mol. The summed E-state index contributed by atoms with van der Waals surface area (Å²) >= 11 is 0. The summed E-state index contributed by atoms with van der Waals surface area (Å²) in [5.74, 6) is -1.96. The Bertz CT molecular complexity index is 365. The van der Waals surface area contributed by atoms with Crippen molar-refractivity contribution in [1.82, 2.24) is 9.80 Å². The molecule has 4 N–H and O–H groups in total. The van der Waals surface area contributed by atoms with Gasteiger partial charge in [-0.3, -0.25) is 9.59 Å². The van der Waals surface area contributed by atoms with E-state index >= 15 is 0 Å². The van der Waals surface area contributed by atoms with Gasteiger partial charge in [-0.1, -0.05) is 0 Å². The number of hydrogen-bond donors (Lipinski definition) is 3. The Morgan fingerprint density at radius 2 is 1.86 bits per heavy atom. The highest BCUT2D eigenvalue weighted by Gasteiger charge is 2.28. The van der Waals surface area contributed by atoms with E-state index in [1.54, 1.807) is 0 Å². The maximum absolute atomic E-state index is 12.2. The van der Waals surface area contributed by atoms with E-state index in [-0.39, 0.29) is 19.3 Å². The number of rotatable bonds is 7. The van der Waals surface area contributed by atoms with Gasteiger partial charge in [-0.15, -0.1) is 0 Å². The fourth-order valence-corrected chi connectivity index (χ4v) is 2.18. The lowest BCUT2D eigenvalue weighted by atomic mass is 10.1. The van der Waals surface area contributed by atoms with Gasteiger partial charge in [-0.05, 0) is 12.8 Å². The number of carbonyl (C=O) groups is 3. The fraction of sp³-hybridized carbons (Fsp3) is 0.750. The van der Waals surface area contributed by atoms with Crippen molar-refractivity contribution in [2.45, 2.75) is 18.9 Å². The summed E-state index contributed by atoms with van der Waals surface area (Å²) in [6, 6.07) is -0.517. The Kier molecular flexibility index (Phi) is 6.89. The number of carboxylic acid groups (broad SMARTS) is 1. The zero-order valence-electron chi connectivity index (χ0n) is 11.7. The highest BCUT2D eigenvalue weighted by Crippen LogP contribution is 2.15. The van der Waals surface area contributed by atoms with E-state index in [4.69, 9.17) is 20.7 Å². The van der Waals surface area contributed by atoms with E-state index < -0.39 is 31.0 Å². The quantitative estimate of drug-likeness (QED) is 0.521. The van der Waals surface area contributed by atoms with Gasteiger partial charge in [0.2, 0.25) is 5.91 Å². The molecule has 1 aliphatic rings. The lowest BCUT2D eigenvalue weighted by Crippen LogP contribution is -2.51. The highest BCUT2D eigenvalue weighted by atomic mass is 16.5. The molecule has 0 aromatic heterocycles. The molecule has 0 aromatic carbocycles. The van der Waals surface area contributed by atoms with Crippen LogP contribution in [-0.2, 0) is 14.3 Å². The van der Waals surface area contributed by atoms with Crippen LogP contribution in [0.15, 0.2) is 0 Å². The Morgan fingerprint density at radius 3 is 2.33 bits per heavy atom. The number of primary amides is 1. The SMILES string of the molecule is NC(=O)CN(CC(=O)O)C(=O)N1CCC(OCCO)CC1. The van der Waals surface area contributed by atoms with Crippen molar-refractivity contribution >= 4 is 17.9 Å². The molecular weight excluding hydrogens is 282 g/mol. The Morgan fingerprint density at radius 1 is 1.24 bits per heavy atom. The number of aliphatic carboxylic acids is 1. The summed E-state index contributed by atoms with van der Waals surface area (Å²) in [5.41, 5.74) is 5.03. The number of nitrogens with two attached hydrogens (primary N) is 1. The lowest BCUT2D eigenvalue weighted by Gasteiger charge is -2.34. The van der Waals surface area contributed by atoms with Crippen molar-refractivity contribution < 1.29 is 29.3 Å². The fourth-order valence-electron chi connectivity index (χ4n) is 2.18. The van der Waals surface area contributed by atoms with Gasteiger partial charge < -0.3 is 30.5 Å². The van der Waals surface area contributed by atoms with Crippen LogP contribution < -0.4 is 5.73 Å². The molecule has 21 heavy (non-hydrogen) atoms. The normalized spacial score (nSPS) is 15.8. The van der Waals surface area contributed by atoms with Crippen molar-refractivity contribution in [2.24, 2.45) is 5.73 Å². The molecule has 0 aliphatic carbocycles. The van der Waals surface area contributed by atoms with Gasteiger partial charge in [-0.25, -0.2) is 4.79 Å². The van der Waals surface area contributed by atoms with Gasteiger partial charge in [0, 0.05) is 13.1 Å². The number of urea groups is 1. The van der Waals surface area contributed by atoms with Crippen LogP contribution in [0.3, 0.4) is 0 Å². The van der Waals surface area contributed by atoms with E-state index in [0.717, 1.165) is 4.90 Å². The lowest BCUT2D eigenvalue weighted by molar-refractivity contribution is -0.138. The van der Waals surface area contributed by atoms with E-state index in [1.165, 1.54) is 4.90 Å². The number of likely N-dealkylation sites (tertiary alicyclic amines) is 1. The molecule has 0 saturated carbocycles. The van der Waals surface area contributed by atoms with Crippen molar-refractivity contribution in [3.63, 3.8) is 0 Å². The summed E-state index contributed by atoms with van der Waals surface area (Å²) < 4.78 is 5.38. The third-order valence-electron chi connectivity index (χ3n) is 3.10. The first-order valence-electron chi connectivity index (χ1n) is 6.70. The number of aliphatic hydroxyl groups excluding tert-OH is 1. The van der Waals surface area contributed by atoms with Crippen LogP contribution in [0.2, 0.25) is 0 Å². The molecule has 0 bridgehead atoms. The van der Waals surface area contributed by atoms with Crippen molar-refractivity contribution in [3.05, 3.63) is 0 Å². The first-order valence-corrected chi connectivity index (χ1v) is 6.70. The molecule has 1 fully saturated rings. The van der Waals surface area contributed by atoms with Gasteiger partial charge in [0.25, 0.3) is 0 Å². The molecule has 0 aromatic rings. The zero-order chi connectivity index (χ0) is 15.8. The molecule has 0 spiro atoms. The minimum atomic E-state index is -1.20. The van der Waals surface area contributed by atoms with Gasteiger partial charge in [0.1, 0.15) is 13.1 Å². The first-order chi connectivity index (χ1) is 9.93. The second-order valence-corrected chi connectivity index (χ2v) is 4.78.